The van der Waals surface area contributed by atoms with Gasteiger partial charge in [-0.05, 0) is 34.6 Å². The van der Waals surface area contributed by atoms with Gasteiger partial charge in [0.25, 0.3) is 0 Å². The lowest BCUT2D eigenvalue weighted by Crippen LogP contribution is -2.32. The second-order valence-corrected chi connectivity index (χ2v) is 10.6. The molecule has 1 amide bonds. The van der Waals surface area contributed by atoms with E-state index in [1.165, 1.54) is 0 Å². The van der Waals surface area contributed by atoms with Gasteiger partial charge in [-0.2, -0.15) is 0 Å². The monoisotopic (exact) mass is 512 g/mol. The molecule has 0 spiro atoms. The number of aromatic nitrogens is 1. The Kier molecular flexibility index (Phi) is 7.06. The fraction of sp³-hybridized carbons (Fsp3) is 0.233. The van der Waals surface area contributed by atoms with E-state index in [2.05, 4.69) is 34.6 Å². The van der Waals surface area contributed by atoms with E-state index in [4.69, 9.17) is 4.74 Å². The smallest absolute Gasteiger partial charge is 0.407 e. The lowest BCUT2D eigenvalue weighted by molar-refractivity contribution is 0.0698. The number of hydrogen-bond acceptors (Lipinski definition) is 5. The Morgan fingerprint density at radius 2 is 1.54 bits per heavy atom. The maximum atomic E-state index is 13.0. The molecule has 0 saturated carbocycles. The lowest BCUT2D eigenvalue weighted by Gasteiger charge is -2.21. The minimum Gasteiger partial charge on any atom is -0.477 e. The SMILES string of the molecule is CC(C)C[C@H](NC(=O)OCC1c2ccccc2-c2ccccc21)c1nc(-c2ccccc2)sc1C(=O)O. The minimum atomic E-state index is -1.06. The Labute approximate surface area is 220 Å². The summed E-state index contributed by atoms with van der Waals surface area (Å²) in [4.78, 5) is 29.9. The van der Waals surface area contributed by atoms with Gasteiger partial charge in [0.2, 0.25) is 0 Å². The van der Waals surface area contributed by atoms with Crippen LogP contribution in [0.1, 0.15) is 58.7 Å². The number of alkyl carbamates (subject to hydrolysis) is 1. The maximum Gasteiger partial charge on any atom is 0.407 e. The second kappa shape index (κ2) is 10.6. The molecule has 1 aromatic heterocycles. The van der Waals surface area contributed by atoms with Crippen molar-refractivity contribution in [1.82, 2.24) is 10.3 Å². The van der Waals surface area contributed by atoms with Crippen molar-refractivity contribution < 1.29 is 19.4 Å². The van der Waals surface area contributed by atoms with E-state index in [1.54, 1.807) is 0 Å². The third-order valence-electron chi connectivity index (χ3n) is 6.54. The Bertz CT molecular complexity index is 1390. The van der Waals surface area contributed by atoms with Crippen LogP contribution in [0.5, 0.6) is 0 Å². The van der Waals surface area contributed by atoms with Crippen molar-refractivity contribution in [2.24, 2.45) is 5.92 Å². The van der Waals surface area contributed by atoms with Crippen LogP contribution in [0.3, 0.4) is 0 Å². The molecule has 1 aliphatic rings. The number of nitrogens with one attached hydrogen (secondary N) is 1. The van der Waals surface area contributed by atoms with E-state index in [0.717, 1.165) is 39.2 Å². The van der Waals surface area contributed by atoms with E-state index in [9.17, 15) is 14.7 Å². The van der Waals surface area contributed by atoms with Crippen molar-refractivity contribution in [2.45, 2.75) is 32.2 Å². The van der Waals surface area contributed by atoms with Crippen molar-refractivity contribution in [2.75, 3.05) is 6.61 Å². The normalized spacial score (nSPS) is 13.2. The summed E-state index contributed by atoms with van der Waals surface area (Å²) < 4.78 is 5.74. The van der Waals surface area contributed by atoms with Gasteiger partial charge in [-0.1, -0.05) is 92.7 Å². The zero-order valence-corrected chi connectivity index (χ0v) is 21.5. The van der Waals surface area contributed by atoms with Crippen molar-refractivity contribution in [3.05, 3.63) is 101 Å². The Hall–Kier alpha value is -3.97. The van der Waals surface area contributed by atoms with Crippen molar-refractivity contribution in [1.29, 1.82) is 0 Å². The van der Waals surface area contributed by atoms with Gasteiger partial charge in [0.1, 0.15) is 16.5 Å². The number of nitrogens with zero attached hydrogens (tertiary/aromatic N) is 1. The predicted molar refractivity (Wildman–Crippen MR) is 145 cm³/mol. The molecule has 0 fully saturated rings. The van der Waals surface area contributed by atoms with Crippen LogP contribution in [-0.4, -0.2) is 28.8 Å². The van der Waals surface area contributed by atoms with Gasteiger partial charge in [-0.3, -0.25) is 0 Å². The molecular formula is C30H28N2O4S. The highest BCUT2D eigenvalue weighted by Gasteiger charge is 2.31. The molecule has 1 atom stereocenters. The number of carboxylic acid groups (broad SMARTS) is 1. The second-order valence-electron chi connectivity index (χ2n) is 9.56. The van der Waals surface area contributed by atoms with Crippen LogP contribution in [-0.2, 0) is 4.74 Å². The molecule has 2 N–H and O–H groups in total. The zero-order chi connectivity index (χ0) is 25.9. The summed E-state index contributed by atoms with van der Waals surface area (Å²) in [6.45, 7) is 4.24. The summed E-state index contributed by atoms with van der Waals surface area (Å²) in [6.07, 6.45) is -0.0549. The molecule has 1 aliphatic carbocycles. The fourth-order valence-electron chi connectivity index (χ4n) is 4.92. The molecule has 6 nitrogen and oxygen atoms in total. The van der Waals surface area contributed by atoms with E-state index in [0.29, 0.717) is 17.1 Å². The molecular weight excluding hydrogens is 484 g/mol. The minimum absolute atomic E-state index is 0.0553. The largest absolute Gasteiger partial charge is 0.477 e. The van der Waals surface area contributed by atoms with E-state index >= 15 is 0 Å². The van der Waals surface area contributed by atoms with Gasteiger partial charge < -0.3 is 15.2 Å². The molecule has 1 heterocycles. The fourth-order valence-corrected chi connectivity index (χ4v) is 5.89. The van der Waals surface area contributed by atoms with Crippen molar-refractivity contribution >= 4 is 23.4 Å². The molecule has 37 heavy (non-hydrogen) atoms. The number of carboxylic acids is 1. The van der Waals surface area contributed by atoms with Crippen LogP contribution in [0.2, 0.25) is 0 Å². The average molecular weight is 513 g/mol. The van der Waals surface area contributed by atoms with Gasteiger partial charge in [0, 0.05) is 11.5 Å². The van der Waals surface area contributed by atoms with Crippen LogP contribution in [0.4, 0.5) is 4.79 Å². The van der Waals surface area contributed by atoms with Gasteiger partial charge in [0.15, 0.2) is 0 Å². The van der Waals surface area contributed by atoms with Gasteiger partial charge >= 0.3 is 12.1 Å². The van der Waals surface area contributed by atoms with Gasteiger partial charge in [0.05, 0.1) is 11.7 Å². The van der Waals surface area contributed by atoms with Gasteiger partial charge in [-0.15, -0.1) is 11.3 Å². The number of carbonyl (C=O) groups is 2. The highest BCUT2D eigenvalue weighted by Crippen LogP contribution is 2.44. The van der Waals surface area contributed by atoms with Crippen LogP contribution in [0, 0.1) is 5.92 Å². The third-order valence-corrected chi connectivity index (χ3v) is 7.65. The Morgan fingerprint density at radius 3 is 2.14 bits per heavy atom. The molecule has 0 saturated heterocycles. The number of thiazole rings is 1. The number of fused-ring (bicyclic) bond motifs is 3. The standard InChI is InChI=1S/C30H28N2O4S/c1-18(2)16-25(26-27(29(33)34)37-28(32-26)19-10-4-3-5-11-19)31-30(35)36-17-24-22-14-8-6-12-20(22)21-13-7-9-15-23(21)24/h3-15,18,24-25H,16-17H2,1-2H3,(H,31,35)(H,33,34)/t25-/m0/s1. The van der Waals surface area contributed by atoms with E-state index in [-0.39, 0.29) is 23.3 Å². The Balaban J connectivity index is 1.37. The number of hydrogen-bond donors (Lipinski definition) is 2. The molecule has 7 heteroatoms. The van der Waals surface area contributed by atoms with Crippen molar-refractivity contribution in [3.8, 4) is 21.7 Å². The molecule has 188 valence electrons. The number of aromatic carboxylic acids is 1. The third kappa shape index (κ3) is 5.13. The Morgan fingerprint density at radius 1 is 0.946 bits per heavy atom. The average Bonchev–Trinajstić information content (AvgIpc) is 3.48. The van der Waals surface area contributed by atoms with Crippen LogP contribution >= 0.6 is 11.3 Å². The summed E-state index contributed by atoms with van der Waals surface area (Å²) in [5, 5.41) is 13.4. The first-order valence-corrected chi connectivity index (χ1v) is 13.1. The van der Waals surface area contributed by atoms with Crippen LogP contribution in [0.25, 0.3) is 21.7 Å². The number of amides is 1. The number of carbonyl (C=O) groups excluding carboxylic acids is 1. The summed E-state index contributed by atoms with van der Waals surface area (Å²) in [5.74, 6) is -0.916. The highest BCUT2D eigenvalue weighted by molar-refractivity contribution is 7.17. The quantitative estimate of drug-likeness (QED) is 0.262. The topological polar surface area (TPSA) is 88.5 Å². The molecule has 3 aromatic carbocycles. The number of benzene rings is 3. The molecule has 4 aromatic rings. The first-order valence-electron chi connectivity index (χ1n) is 12.3. The first-order chi connectivity index (χ1) is 17.9. The molecule has 0 bridgehead atoms. The summed E-state index contributed by atoms with van der Waals surface area (Å²) in [6, 6.07) is 25.2. The van der Waals surface area contributed by atoms with Crippen molar-refractivity contribution in [3.63, 3.8) is 0 Å². The summed E-state index contributed by atoms with van der Waals surface area (Å²) in [7, 11) is 0. The number of rotatable bonds is 8. The van der Waals surface area contributed by atoms with Crippen LogP contribution in [0.15, 0.2) is 78.9 Å². The van der Waals surface area contributed by atoms with Crippen LogP contribution < -0.4 is 5.32 Å². The van der Waals surface area contributed by atoms with Gasteiger partial charge in [-0.25, -0.2) is 14.6 Å². The van der Waals surface area contributed by atoms with E-state index in [1.807, 2.05) is 68.4 Å². The number of ether oxygens (including phenoxy) is 1. The highest BCUT2D eigenvalue weighted by atomic mass is 32.1. The summed E-state index contributed by atoms with van der Waals surface area (Å²) in [5.41, 5.74) is 5.79. The predicted octanol–water partition coefficient (Wildman–Crippen LogP) is 7.13. The lowest BCUT2D eigenvalue weighted by atomic mass is 9.98. The zero-order valence-electron chi connectivity index (χ0n) is 20.7. The first kappa shape index (κ1) is 24.7. The van der Waals surface area contributed by atoms with E-state index < -0.39 is 18.1 Å². The summed E-state index contributed by atoms with van der Waals surface area (Å²) >= 11 is 1.12. The molecule has 0 radical (unpaired) electrons. The molecule has 0 unspecified atom stereocenters. The molecule has 5 rings (SSSR count). The maximum absolute atomic E-state index is 13.0. The molecule has 0 aliphatic heterocycles.